The van der Waals surface area contributed by atoms with Crippen molar-refractivity contribution in [3.63, 3.8) is 0 Å². The molecule has 356 valence electrons. The smallest absolute Gasteiger partial charge is 0.220 e. The van der Waals surface area contributed by atoms with Gasteiger partial charge >= 0.3 is 0 Å². The van der Waals surface area contributed by atoms with Gasteiger partial charge in [-0.15, -0.1) is 0 Å². The number of hydrogen-bond donors (Lipinski definition) is 9. The molecule has 14 nitrogen and oxygen atoms in total. The average Bonchev–Trinajstić information content (AvgIpc) is 3.24. The van der Waals surface area contributed by atoms with E-state index in [2.05, 4.69) is 19.2 Å². The second-order valence-corrected chi connectivity index (χ2v) is 17.6. The van der Waals surface area contributed by atoms with Crippen molar-refractivity contribution in [3.8, 4) is 0 Å². The van der Waals surface area contributed by atoms with Gasteiger partial charge in [0.1, 0.15) is 48.8 Å². The lowest BCUT2D eigenvalue weighted by Crippen LogP contribution is -2.65. The zero-order chi connectivity index (χ0) is 44.0. The van der Waals surface area contributed by atoms with E-state index in [1.54, 1.807) is 0 Å². The molecule has 0 spiro atoms. The van der Waals surface area contributed by atoms with Crippen molar-refractivity contribution in [1.82, 2.24) is 5.32 Å². The summed E-state index contributed by atoms with van der Waals surface area (Å²) in [6, 6.07) is -0.818. The second-order valence-electron chi connectivity index (χ2n) is 17.6. The van der Waals surface area contributed by atoms with Crippen molar-refractivity contribution >= 4 is 5.91 Å². The number of amides is 1. The molecule has 9 N–H and O–H groups in total. The molecule has 2 fully saturated rings. The lowest BCUT2D eigenvalue weighted by molar-refractivity contribution is -0.359. The minimum Gasteiger partial charge on any atom is -0.394 e. The molecule has 2 rings (SSSR count). The minimum absolute atomic E-state index is 0.218. The molecule has 0 bridgehead atoms. The predicted molar refractivity (Wildman–Crippen MR) is 231 cm³/mol. The van der Waals surface area contributed by atoms with Crippen LogP contribution in [0.3, 0.4) is 0 Å². The van der Waals surface area contributed by atoms with E-state index in [-0.39, 0.29) is 12.5 Å². The molecule has 0 radical (unpaired) electrons. The van der Waals surface area contributed by atoms with Gasteiger partial charge in [-0.2, -0.15) is 0 Å². The van der Waals surface area contributed by atoms with Crippen LogP contribution in [0.1, 0.15) is 194 Å². The zero-order valence-corrected chi connectivity index (χ0v) is 37.5. The van der Waals surface area contributed by atoms with E-state index in [4.69, 9.17) is 18.9 Å². The molecule has 0 aromatic rings. The molecule has 0 aromatic carbocycles. The molecule has 2 aliphatic heterocycles. The van der Waals surface area contributed by atoms with Crippen molar-refractivity contribution in [2.24, 2.45) is 0 Å². The van der Waals surface area contributed by atoms with Crippen LogP contribution in [0, 0.1) is 0 Å². The van der Waals surface area contributed by atoms with E-state index >= 15 is 0 Å². The zero-order valence-electron chi connectivity index (χ0n) is 37.5. The fourth-order valence-corrected chi connectivity index (χ4v) is 8.30. The van der Waals surface area contributed by atoms with Gasteiger partial charge in [0, 0.05) is 6.42 Å². The number of carbonyl (C=O) groups excluding carboxylic acids is 1. The molecule has 0 saturated carbocycles. The molecule has 2 saturated heterocycles. The Morgan fingerprint density at radius 1 is 0.533 bits per heavy atom. The summed E-state index contributed by atoms with van der Waals surface area (Å²) in [6.45, 7) is 2.76. The molecule has 60 heavy (non-hydrogen) atoms. The summed E-state index contributed by atoms with van der Waals surface area (Å²) < 4.78 is 22.6. The number of aliphatic hydroxyl groups is 8. The molecule has 14 heteroatoms. The molecular formula is C46H89NO13. The van der Waals surface area contributed by atoms with Crippen LogP contribution in [0.15, 0.2) is 0 Å². The van der Waals surface area contributed by atoms with Crippen molar-refractivity contribution in [1.29, 1.82) is 0 Å². The normalized spacial score (nSPS) is 28.2. The van der Waals surface area contributed by atoms with Gasteiger partial charge in [-0.1, -0.05) is 174 Å². The number of nitrogens with one attached hydrogen (secondary N) is 1. The molecule has 2 aliphatic rings. The van der Waals surface area contributed by atoms with Crippen LogP contribution < -0.4 is 5.32 Å². The second kappa shape index (κ2) is 34.4. The summed E-state index contributed by atoms with van der Waals surface area (Å²) in [5.41, 5.74) is 0. The highest BCUT2D eigenvalue weighted by molar-refractivity contribution is 5.76. The predicted octanol–water partition coefficient (Wildman–Crippen LogP) is 5.44. The molecule has 12 unspecified atom stereocenters. The van der Waals surface area contributed by atoms with Crippen LogP contribution in [-0.4, -0.2) is 140 Å². The summed E-state index contributed by atoms with van der Waals surface area (Å²) in [4.78, 5) is 12.9. The Morgan fingerprint density at radius 3 is 1.42 bits per heavy atom. The Balaban J connectivity index is 1.73. The maximum Gasteiger partial charge on any atom is 0.220 e. The Hall–Kier alpha value is -1.01. The van der Waals surface area contributed by atoms with Crippen LogP contribution in [-0.2, 0) is 23.7 Å². The average molecular weight is 864 g/mol. The fraction of sp³-hybridized carbons (Fsp3) is 0.978. The first kappa shape index (κ1) is 55.1. The van der Waals surface area contributed by atoms with Crippen LogP contribution in [0.4, 0.5) is 0 Å². The lowest BCUT2D eigenvalue weighted by atomic mass is 9.97. The molecule has 0 aromatic heterocycles. The summed E-state index contributed by atoms with van der Waals surface area (Å²) >= 11 is 0. The van der Waals surface area contributed by atoms with Gasteiger partial charge in [0.2, 0.25) is 5.91 Å². The number of unbranched alkanes of at least 4 members (excludes halogenated alkanes) is 24. The highest BCUT2D eigenvalue weighted by Crippen LogP contribution is 2.30. The first-order chi connectivity index (χ1) is 29.1. The molecule has 2 heterocycles. The highest BCUT2D eigenvalue weighted by Gasteiger charge is 2.51. The van der Waals surface area contributed by atoms with Gasteiger partial charge in [0.25, 0.3) is 0 Å². The van der Waals surface area contributed by atoms with Crippen LogP contribution in [0.2, 0.25) is 0 Å². The van der Waals surface area contributed by atoms with E-state index in [0.29, 0.717) is 12.8 Å². The SMILES string of the molecule is CCCCCCCCCCCCCCCCCCCCCCCC(O)C(COC1OC(CO)C(OC2OC(CO)C(O)C(O)C2O)C(O)C1O)NC(=O)CCCCCCC. The quantitative estimate of drug-likeness (QED) is 0.0356. The molecule has 12 atom stereocenters. The maximum atomic E-state index is 12.9. The van der Waals surface area contributed by atoms with E-state index < -0.39 is 86.8 Å². The summed E-state index contributed by atoms with van der Waals surface area (Å²) in [5.74, 6) is -0.218. The monoisotopic (exact) mass is 864 g/mol. The fourth-order valence-electron chi connectivity index (χ4n) is 8.30. The van der Waals surface area contributed by atoms with E-state index in [1.165, 1.54) is 109 Å². The number of rotatable bonds is 37. The topological polar surface area (TPSA) is 228 Å². The summed E-state index contributed by atoms with van der Waals surface area (Å²) in [5, 5.41) is 86.4. The first-order valence-corrected chi connectivity index (χ1v) is 24.3. The lowest BCUT2D eigenvalue weighted by Gasteiger charge is -2.46. The Kier molecular flexibility index (Phi) is 31.6. The van der Waals surface area contributed by atoms with Crippen LogP contribution in [0.5, 0.6) is 0 Å². The third kappa shape index (κ3) is 22.1. The van der Waals surface area contributed by atoms with Crippen molar-refractivity contribution in [3.05, 3.63) is 0 Å². The van der Waals surface area contributed by atoms with Crippen molar-refractivity contribution in [2.45, 2.75) is 267 Å². The molecule has 0 aliphatic carbocycles. The molecular weight excluding hydrogens is 775 g/mol. The number of ether oxygens (including phenoxy) is 4. The van der Waals surface area contributed by atoms with Crippen LogP contribution >= 0.6 is 0 Å². The summed E-state index contributed by atoms with van der Waals surface area (Å²) in [7, 11) is 0. The van der Waals surface area contributed by atoms with Crippen molar-refractivity contribution < 1.29 is 64.6 Å². The Labute approximate surface area is 362 Å². The number of carbonyl (C=O) groups is 1. The third-order valence-electron chi connectivity index (χ3n) is 12.3. The van der Waals surface area contributed by atoms with E-state index in [9.17, 15) is 45.6 Å². The van der Waals surface area contributed by atoms with Gasteiger partial charge < -0.3 is 65.1 Å². The van der Waals surface area contributed by atoms with Gasteiger partial charge in [-0.25, -0.2) is 0 Å². The number of hydrogen-bond acceptors (Lipinski definition) is 13. The standard InChI is InChI=1S/C46H89NO13/c1-3-5-7-9-10-11-12-13-14-15-16-17-18-19-20-21-22-23-24-26-27-29-35(50)34(47-38(51)30-28-25-8-6-4-2)33-57-45-43(56)41(54)44(37(32-49)59-45)60-46-42(55)40(53)39(52)36(31-48)58-46/h34-37,39-46,48-50,52-56H,3-33H2,1-2H3,(H,47,51). The van der Waals surface area contributed by atoms with Gasteiger partial charge in [0.15, 0.2) is 12.6 Å². The van der Waals surface area contributed by atoms with E-state index in [0.717, 1.165) is 57.8 Å². The maximum absolute atomic E-state index is 12.9. The minimum atomic E-state index is -1.78. The first-order valence-electron chi connectivity index (χ1n) is 24.3. The Bertz CT molecular complexity index is 1020. The van der Waals surface area contributed by atoms with Gasteiger partial charge in [-0.3, -0.25) is 4.79 Å². The third-order valence-corrected chi connectivity index (χ3v) is 12.3. The van der Waals surface area contributed by atoms with Crippen LogP contribution in [0.25, 0.3) is 0 Å². The highest BCUT2D eigenvalue weighted by atomic mass is 16.7. The summed E-state index contributed by atoms with van der Waals surface area (Å²) in [6.07, 6.45) is 16.0. The molecule has 1 amide bonds. The largest absolute Gasteiger partial charge is 0.394 e. The van der Waals surface area contributed by atoms with E-state index in [1.807, 2.05) is 0 Å². The van der Waals surface area contributed by atoms with Gasteiger partial charge in [-0.05, 0) is 12.8 Å². The van der Waals surface area contributed by atoms with Gasteiger partial charge in [0.05, 0.1) is 32.0 Å². The van der Waals surface area contributed by atoms with Crippen molar-refractivity contribution in [2.75, 3.05) is 19.8 Å². The number of aliphatic hydroxyl groups excluding tert-OH is 8. The Morgan fingerprint density at radius 2 is 0.950 bits per heavy atom.